The monoisotopic (exact) mass is 608 g/mol. The number of anilines is 2. The number of benzene rings is 3. The van der Waals surface area contributed by atoms with Gasteiger partial charge in [-0.2, -0.15) is 45.8 Å². The first-order valence-corrected chi connectivity index (χ1v) is 17.0. The number of hydrogen-bond donors (Lipinski definition) is 2. The van der Waals surface area contributed by atoms with E-state index in [2.05, 4.69) is 22.8 Å². The van der Waals surface area contributed by atoms with Gasteiger partial charge in [0, 0.05) is 42.6 Å². The van der Waals surface area contributed by atoms with E-state index in [1.807, 2.05) is 60.3 Å². The summed E-state index contributed by atoms with van der Waals surface area (Å²) in [7, 11) is 0. The van der Waals surface area contributed by atoms with E-state index >= 15 is 0 Å². The predicted molar refractivity (Wildman–Crippen MR) is 166 cm³/mol. The van der Waals surface area contributed by atoms with Crippen LogP contribution in [-0.2, 0) is 9.59 Å². The molecule has 4 rings (SSSR count). The lowest BCUT2D eigenvalue weighted by molar-refractivity contribution is -0.114. The van der Waals surface area contributed by atoms with E-state index in [4.69, 9.17) is 0 Å². The van der Waals surface area contributed by atoms with Crippen molar-refractivity contribution in [2.75, 3.05) is 45.2 Å². The van der Waals surface area contributed by atoms with Crippen LogP contribution in [-0.4, -0.2) is 46.3 Å². The second-order valence-electron chi connectivity index (χ2n) is 8.08. The van der Waals surface area contributed by atoms with Gasteiger partial charge in [-0.3, -0.25) is 9.59 Å². The summed E-state index contributed by atoms with van der Waals surface area (Å²) < 4.78 is 0. The Morgan fingerprint density at radius 1 is 0.590 bits per heavy atom. The van der Waals surface area contributed by atoms with Gasteiger partial charge in [0.05, 0.1) is 34.0 Å². The molecule has 0 aliphatic carbocycles. The number of fused-ring (bicyclic) bond motifs is 3. The molecule has 0 saturated carbocycles. The van der Waals surface area contributed by atoms with Crippen LogP contribution < -0.4 is 10.6 Å². The molecule has 2 amide bonds. The molecule has 1 heterocycles. The molecule has 3 aromatic carbocycles. The quantitative estimate of drug-likeness (QED) is 0.284. The minimum Gasteiger partial charge on any atom is -0.324 e. The van der Waals surface area contributed by atoms with E-state index in [0.29, 0.717) is 22.9 Å². The van der Waals surface area contributed by atoms with Gasteiger partial charge in [-0.1, -0.05) is 47.8 Å². The Morgan fingerprint density at radius 3 is 1.44 bits per heavy atom. The first-order chi connectivity index (χ1) is 19.1. The zero-order chi connectivity index (χ0) is 27.5. The van der Waals surface area contributed by atoms with Crippen molar-refractivity contribution in [1.82, 2.24) is 0 Å². The van der Waals surface area contributed by atoms with Gasteiger partial charge in [-0.15, -0.1) is 0 Å². The molecule has 0 radical (unpaired) electrons. The fourth-order valence-electron chi connectivity index (χ4n) is 3.50. The highest BCUT2D eigenvalue weighted by Gasteiger charge is 2.17. The summed E-state index contributed by atoms with van der Waals surface area (Å²) in [5.74, 6) is 4.24. The minimum absolute atomic E-state index is 0.0647. The minimum atomic E-state index is -0.0647. The van der Waals surface area contributed by atoms with Crippen molar-refractivity contribution in [2.45, 2.75) is 19.6 Å². The zero-order valence-electron chi connectivity index (χ0n) is 20.8. The van der Waals surface area contributed by atoms with Crippen LogP contribution in [0.3, 0.4) is 0 Å². The predicted octanol–water partition coefficient (Wildman–Crippen LogP) is 6.82. The number of para-hydroxylation sites is 2. The van der Waals surface area contributed by atoms with Crippen LogP contribution in [0.2, 0.25) is 0 Å². The lowest BCUT2D eigenvalue weighted by Crippen LogP contribution is -2.15. The standard InChI is InChI=1S/C28H24N4O2S5/c29-15-19-13-25-26(14-20(19)16-30)39-24-8-4-2-6-22(24)32-28(34)18-37-12-10-35-9-11-36-17-27(33)31-21-5-1-3-7-23(21)38-25/h1-8,13-14H,9-12,17-18H2,(H,31,33)(H,32,34). The molecule has 39 heavy (non-hydrogen) atoms. The third-order valence-electron chi connectivity index (χ3n) is 5.30. The van der Waals surface area contributed by atoms with Crippen LogP contribution in [0.15, 0.2) is 80.2 Å². The molecule has 0 bridgehead atoms. The molecule has 0 unspecified atom stereocenters. The summed E-state index contributed by atoms with van der Waals surface area (Å²) in [5.41, 5.74) is 1.95. The van der Waals surface area contributed by atoms with Gasteiger partial charge in [-0.25, -0.2) is 0 Å². The molecule has 6 nitrogen and oxygen atoms in total. The molecule has 0 aromatic heterocycles. The molecule has 0 fully saturated rings. The highest BCUT2D eigenvalue weighted by molar-refractivity contribution is 8.05. The summed E-state index contributed by atoms with van der Waals surface area (Å²) >= 11 is 7.87. The van der Waals surface area contributed by atoms with Crippen LogP contribution in [0.25, 0.3) is 0 Å². The number of nitriles is 2. The third-order valence-corrected chi connectivity index (χ3v) is 11.1. The molecule has 1 aliphatic rings. The number of carbonyl (C=O) groups excluding carboxylic acids is 2. The van der Waals surface area contributed by atoms with Crippen LogP contribution in [0.1, 0.15) is 11.1 Å². The van der Waals surface area contributed by atoms with Gasteiger partial charge in [0.1, 0.15) is 12.1 Å². The Labute approximate surface area is 249 Å². The first kappa shape index (κ1) is 29.3. The number of rotatable bonds is 0. The van der Waals surface area contributed by atoms with E-state index in [1.165, 1.54) is 23.5 Å². The van der Waals surface area contributed by atoms with Gasteiger partial charge in [0.2, 0.25) is 11.8 Å². The lowest BCUT2D eigenvalue weighted by atomic mass is 10.1. The smallest absolute Gasteiger partial charge is 0.234 e. The molecule has 0 spiro atoms. The Bertz CT molecular complexity index is 1330. The highest BCUT2D eigenvalue weighted by Crippen LogP contribution is 2.44. The van der Waals surface area contributed by atoms with Crippen LogP contribution in [0.4, 0.5) is 11.4 Å². The van der Waals surface area contributed by atoms with Crippen molar-refractivity contribution >= 4 is 82.0 Å². The molecule has 0 atom stereocenters. The normalized spacial score (nSPS) is 15.5. The number of carbonyl (C=O) groups is 2. The molecule has 1 aliphatic heterocycles. The Balaban J connectivity index is 1.72. The highest BCUT2D eigenvalue weighted by atomic mass is 32.2. The van der Waals surface area contributed by atoms with Gasteiger partial charge in [0.25, 0.3) is 0 Å². The summed E-state index contributed by atoms with van der Waals surface area (Å²) in [5, 5.41) is 25.4. The third kappa shape index (κ3) is 8.66. The fourth-order valence-corrected chi connectivity index (χ4v) is 8.54. The number of amides is 2. The summed E-state index contributed by atoms with van der Waals surface area (Å²) in [6.07, 6.45) is 0. The molecule has 198 valence electrons. The number of hydrogen-bond acceptors (Lipinski definition) is 9. The van der Waals surface area contributed by atoms with Crippen molar-refractivity contribution in [2.24, 2.45) is 0 Å². The molecule has 11 heteroatoms. The largest absolute Gasteiger partial charge is 0.324 e. The van der Waals surface area contributed by atoms with E-state index in [0.717, 1.165) is 42.6 Å². The zero-order valence-corrected chi connectivity index (χ0v) is 24.9. The van der Waals surface area contributed by atoms with Crippen LogP contribution >= 0.6 is 58.8 Å². The maximum Gasteiger partial charge on any atom is 0.234 e. The lowest BCUT2D eigenvalue weighted by Gasteiger charge is -2.15. The van der Waals surface area contributed by atoms with E-state index < -0.39 is 0 Å². The average molecular weight is 609 g/mol. The maximum atomic E-state index is 12.7. The number of nitrogens with one attached hydrogen (secondary N) is 2. The summed E-state index contributed by atoms with van der Waals surface area (Å²) in [4.78, 5) is 28.6. The van der Waals surface area contributed by atoms with Crippen molar-refractivity contribution in [1.29, 1.82) is 10.5 Å². The first-order valence-electron chi connectivity index (χ1n) is 11.9. The molecular formula is C28H24N4O2S5. The Morgan fingerprint density at radius 2 is 1.00 bits per heavy atom. The topological polar surface area (TPSA) is 106 Å². The summed E-state index contributed by atoms with van der Waals surface area (Å²) in [6, 6.07) is 22.8. The van der Waals surface area contributed by atoms with Gasteiger partial charge >= 0.3 is 0 Å². The summed E-state index contributed by atoms with van der Waals surface area (Å²) in [6.45, 7) is 0. The number of nitrogens with zero attached hydrogens (tertiary/aromatic N) is 2. The van der Waals surface area contributed by atoms with Crippen molar-refractivity contribution in [3.8, 4) is 12.1 Å². The van der Waals surface area contributed by atoms with Gasteiger partial charge < -0.3 is 10.6 Å². The second-order valence-corrected chi connectivity index (χ2v) is 13.7. The average Bonchev–Trinajstić information content (AvgIpc) is 2.94. The van der Waals surface area contributed by atoms with Crippen molar-refractivity contribution in [3.05, 3.63) is 71.8 Å². The van der Waals surface area contributed by atoms with Crippen molar-refractivity contribution in [3.63, 3.8) is 0 Å². The van der Waals surface area contributed by atoms with Gasteiger partial charge in [0.15, 0.2) is 0 Å². The fraction of sp³-hybridized carbons (Fsp3) is 0.214. The van der Waals surface area contributed by atoms with Gasteiger partial charge in [-0.05, 0) is 36.4 Å². The Kier molecular flexibility index (Phi) is 11.4. The molecular weight excluding hydrogens is 585 g/mol. The van der Waals surface area contributed by atoms with Crippen LogP contribution in [0, 0.1) is 22.7 Å². The Hall–Kier alpha value is -2.67. The SMILES string of the molecule is N#Cc1cc2c(cc1C#N)Sc1ccccc1NC(=O)CSCCSCCSCC(=O)Nc1ccccc1S2. The van der Waals surface area contributed by atoms with E-state index in [9.17, 15) is 20.1 Å². The maximum absolute atomic E-state index is 12.7. The number of thioether (sulfide) groups is 3. The van der Waals surface area contributed by atoms with Crippen molar-refractivity contribution < 1.29 is 9.59 Å². The molecule has 0 saturated heterocycles. The van der Waals surface area contributed by atoms with Crippen LogP contribution in [0.5, 0.6) is 0 Å². The van der Waals surface area contributed by atoms with E-state index in [-0.39, 0.29) is 22.9 Å². The van der Waals surface area contributed by atoms with E-state index in [1.54, 1.807) is 35.7 Å². The molecule has 3 aromatic rings. The second kappa shape index (κ2) is 15.2. The molecule has 2 N–H and O–H groups in total.